The van der Waals surface area contributed by atoms with Gasteiger partial charge in [0.15, 0.2) is 5.76 Å². The van der Waals surface area contributed by atoms with Crippen molar-refractivity contribution >= 4 is 5.91 Å². The fourth-order valence-corrected chi connectivity index (χ4v) is 2.65. The van der Waals surface area contributed by atoms with Crippen LogP contribution in [0.1, 0.15) is 27.5 Å². The maximum Gasteiger partial charge on any atom is 0.286 e. The fraction of sp³-hybridized carbons (Fsp3) is 0.222. The zero-order valence-corrected chi connectivity index (χ0v) is 13.2. The van der Waals surface area contributed by atoms with Gasteiger partial charge in [-0.1, -0.05) is 18.2 Å². The van der Waals surface area contributed by atoms with Crippen LogP contribution in [0.15, 0.2) is 53.1 Å². The molecule has 23 heavy (non-hydrogen) atoms. The van der Waals surface area contributed by atoms with Gasteiger partial charge in [-0.15, -0.1) is 0 Å². The van der Waals surface area contributed by atoms with Crippen LogP contribution in [0.25, 0.3) is 5.69 Å². The Morgan fingerprint density at radius 2 is 1.96 bits per heavy atom. The molecule has 1 aromatic carbocycles. The molecule has 0 radical (unpaired) electrons. The van der Waals surface area contributed by atoms with Gasteiger partial charge in [0, 0.05) is 12.2 Å². The van der Waals surface area contributed by atoms with Crippen LogP contribution in [0.4, 0.5) is 0 Å². The van der Waals surface area contributed by atoms with Gasteiger partial charge in [-0.2, -0.15) is 5.10 Å². The molecule has 5 heteroatoms. The Kier molecular flexibility index (Phi) is 4.28. The maximum atomic E-state index is 11.9. The topological polar surface area (TPSA) is 60.1 Å². The molecule has 0 bridgehead atoms. The zero-order valence-electron chi connectivity index (χ0n) is 13.2. The fourth-order valence-electron chi connectivity index (χ4n) is 2.65. The molecule has 0 unspecified atom stereocenters. The first kappa shape index (κ1) is 15.1. The monoisotopic (exact) mass is 309 g/mol. The third-order valence-corrected chi connectivity index (χ3v) is 3.85. The minimum absolute atomic E-state index is 0.194. The number of benzene rings is 1. The first-order chi connectivity index (χ1) is 11.2. The minimum atomic E-state index is -0.194. The van der Waals surface area contributed by atoms with Crippen LogP contribution in [0.3, 0.4) is 0 Å². The average molecular weight is 309 g/mol. The summed E-state index contributed by atoms with van der Waals surface area (Å²) in [6, 6.07) is 13.4. The number of carbonyl (C=O) groups excluding carboxylic acids is 1. The molecule has 0 atom stereocenters. The van der Waals surface area contributed by atoms with Gasteiger partial charge < -0.3 is 9.73 Å². The van der Waals surface area contributed by atoms with Gasteiger partial charge in [0.05, 0.1) is 17.6 Å². The summed E-state index contributed by atoms with van der Waals surface area (Å²) in [5.74, 6) is 0.138. The highest BCUT2D eigenvalue weighted by atomic mass is 16.3. The zero-order chi connectivity index (χ0) is 16.2. The average Bonchev–Trinajstić information content (AvgIpc) is 3.19. The highest BCUT2D eigenvalue weighted by Gasteiger charge is 2.13. The van der Waals surface area contributed by atoms with Crippen LogP contribution in [-0.4, -0.2) is 22.2 Å². The number of aromatic nitrogens is 2. The van der Waals surface area contributed by atoms with E-state index in [-0.39, 0.29) is 5.91 Å². The Balaban J connectivity index is 1.69. The van der Waals surface area contributed by atoms with Crippen molar-refractivity contribution < 1.29 is 9.21 Å². The van der Waals surface area contributed by atoms with Crippen LogP contribution < -0.4 is 5.32 Å². The van der Waals surface area contributed by atoms with Crippen molar-refractivity contribution in [2.75, 3.05) is 6.54 Å². The van der Waals surface area contributed by atoms with Crippen molar-refractivity contribution in [1.82, 2.24) is 15.1 Å². The molecule has 0 aliphatic heterocycles. The van der Waals surface area contributed by atoms with Crippen LogP contribution >= 0.6 is 0 Å². The van der Waals surface area contributed by atoms with E-state index in [2.05, 4.69) is 17.3 Å². The predicted octanol–water partition coefficient (Wildman–Crippen LogP) is 3.05. The normalized spacial score (nSPS) is 10.7. The summed E-state index contributed by atoms with van der Waals surface area (Å²) in [6.45, 7) is 4.59. The largest absolute Gasteiger partial charge is 0.459 e. The lowest BCUT2D eigenvalue weighted by Crippen LogP contribution is -2.25. The number of nitrogens with zero attached hydrogens (tertiary/aromatic N) is 2. The van der Waals surface area contributed by atoms with Crippen LogP contribution in [-0.2, 0) is 6.42 Å². The van der Waals surface area contributed by atoms with Gasteiger partial charge in [0.1, 0.15) is 0 Å². The number of rotatable bonds is 5. The van der Waals surface area contributed by atoms with E-state index in [4.69, 9.17) is 4.42 Å². The molecule has 0 spiro atoms. The molecule has 1 amide bonds. The van der Waals surface area contributed by atoms with Crippen molar-refractivity contribution in [2.45, 2.75) is 20.3 Å². The minimum Gasteiger partial charge on any atom is -0.459 e. The summed E-state index contributed by atoms with van der Waals surface area (Å²) in [6.07, 6.45) is 2.23. The molecule has 0 aliphatic rings. The molecule has 1 N–H and O–H groups in total. The van der Waals surface area contributed by atoms with Gasteiger partial charge in [0.25, 0.3) is 5.91 Å². The molecule has 2 aromatic heterocycles. The van der Waals surface area contributed by atoms with Crippen LogP contribution in [0, 0.1) is 13.8 Å². The van der Waals surface area contributed by atoms with E-state index in [1.54, 1.807) is 12.1 Å². The van der Waals surface area contributed by atoms with Crippen molar-refractivity contribution in [1.29, 1.82) is 0 Å². The number of carbonyl (C=O) groups is 1. The molecule has 118 valence electrons. The van der Waals surface area contributed by atoms with Crippen molar-refractivity contribution in [2.24, 2.45) is 0 Å². The van der Waals surface area contributed by atoms with Gasteiger partial charge in [0.2, 0.25) is 0 Å². The van der Waals surface area contributed by atoms with Gasteiger partial charge >= 0.3 is 0 Å². The van der Waals surface area contributed by atoms with E-state index in [0.29, 0.717) is 12.3 Å². The van der Waals surface area contributed by atoms with E-state index in [1.165, 1.54) is 6.26 Å². The SMILES string of the molecule is Cc1nn(-c2ccccc2)c(C)c1CCNC(=O)c1ccco1. The summed E-state index contributed by atoms with van der Waals surface area (Å²) in [7, 11) is 0. The third-order valence-electron chi connectivity index (χ3n) is 3.85. The first-order valence-electron chi connectivity index (χ1n) is 7.59. The summed E-state index contributed by atoms with van der Waals surface area (Å²) in [5.41, 5.74) is 4.28. The van der Waals surface area contributed by atoms with Gasteiger partial charge in [-0.3, -0.25) is 4.79 Å². The number of furan rings is 1. The van der Waals surface area contributed by atoms with E-state index >= 15 is 0 Å². The second kappa shape index (κ2) is 6.52. The number of hydrogen-bond donors (Lipinski definition) is 1. The Morgan fingerprint density at radius 1 is 1.17 bits per heavy atom. The Hall–Kier alpha value is -2.82. The van der Waals surface area contributed by atoms with Gasteiger partial charge in [-0.25, -0.2) is 4.68 Å². The second-order valence-electron chi connectivity index (χ2n) is 5.38. The molecular weight excluding hydrogens is 290 g/mol. The van der Waals surface area contributed by atoms with E-state index in [1.807, 2.05) is 41.9 Å². The molecule has 2 heterocycles. The van der Waals surface area contributed by atoms with Crippen molar-refractivity contribution in [3.05, 3.63) is 71.4 Å². The van der Waals surface area contributed by atoms with Crippen molar-refractivity contribution in [3.8, 4) is 5.69 Å². The Bertz CT molecular complexity index is 789. The third kappa shape index (κ3) is 3.18. The van der Waals surface area contributed by atoms with Crippen LogP contribution in [0.2, 0.25) is 0 Å². The number of para-hydroxylation sites is 1. The standard InChI is InChI=1S/C18H19N3O2/c1-13-16(10-11-19-18(22)17-9-6-12-23-17)14(2)21(20-13)15-7-4-3-5-8-15/h3-9,12H,10-11H2,1-2H3,(H,19,22). The second-order valence-corrected chi connectivity index (χ2v) is 5.38. The lowest BCUT2D eigenvalue weighted by molar-refractivity contribution is 0.0926. The number of aryl methyl sites for hydroxylation is 1. The number of hydrogen-bond acceptors (Lipinski definition) is 3. The lowest BCUT2D eigenvalue weighted by atomic mass is 10.1. The Labute approximate surface area is 134 Å². The summed E-state index contributed by atoms with van der Waals surface area (Å²) in [5, 5.41) is 7.48. The summed E-state index contributed by atoms with van der Waals surface area (Å²) < 4.78 is 7.02. The van der Waals surface area contributed by atoms with Gasteiger partial charge in [-0.05, 0) is 50.1 Å². The van der Waals surface area contributed by atoms with Crippen molar-refractivity contribution in [3.63, 3.8) is 0 Å². The molecule has 3 aromatic rings. The maximum absolute atomic E-state index is 11.9. The first-order valence-corrected chi connectivity index (χ1v) is 7.59. The Morgan fingerprint density at radius 3 is 2.65 bits per heavy atom. The van der Waals surface area contributed by atoms with E-state index in [9.17, 15) is 4.79 Å². The molecule has 0 saturated heterocycles. The van der Waals surface area contributed by atoms with Crippen LogP contribution in [0.5, 0.6) is 0 Å². The molecule has 5 nitrogen and oxygen atoms in total. The summed E-state index contributed by atoms with van der Waals surface area (Å²) >= 11 is 0. The predicted molar refractivity (Wildman–Crippen MR) is 87.8 cm³/mol. The smallest absolute Gasteiger partial charge is 0.286 e. The highest BCUT2D eigenvalue weighted by molar-refractivity contribution is 5.91. The summed E-state index contributed by atoms with van der Waals surface area (Å²) in [4.78, 5) is 11.9. The number of nitrogens with one attached hydrogen (secondary N) is 1. The molecule has 0 aliphatic carbocycles. The molecule has 0 fully saturated rings. The highest BCUT2D eigenvalue weighted by Crippen LogP contribution is 2.18. The quantitative estimate of drug-likeness (QED) is 0.788. The number of amides is 1. The van der Waals surface area contributed by atoms with E-state index in [0.717, 1.165) is 29.1 Å². The molecule has 3 rings (SSSR count). The van der Waals surface area contributed by atoms with E-state index < -0.39 is 0 Å². The lowest BCUT2D eigenvalue weighted by Gasteiger charge is -2.06. The molecule has 0 saturated carbocycles. The molecular formula is C18H19N3O2.